The minimum Gasteiger partial charge on any atom is -0.485 e. The molecule has 0 radical (unpaired) electrons. The molecule has 0 bridgehead atoms. The van der Waals surface area contributed by atoms with E-state index in [0.717, 1.165) is 35.2 Å². The molecular formula is C22H25FN2O2. The van der Waals surface area contributed by atoms with Gasteiger partial charge in [-0.25, -0.2) is 9.37 Å². The Bertz CT molecular complexity index is 875. The molecule has 0 saturated heterocycles. The lowest BCUT2D eigenvalue weighted by Crippen LogP contribution is -2.23. The maximum atomic E-state index is 12.9. The molecule has 1 unspecified atom stereocenters. The Labute approximate surface area is 159 Å². The first-order chi connectivity index (χ1) is 13.2. The van der Waals surface area contributed by atoms with E-state index in [9.17, 15) is 4.39 Å². The molecule has 0 fully saturated rings. The topological polar surface area (TPSA) is 45.6 Å². The minimum absolute atomic E-state index is 0.364. The summed E-state index contributed by atoms with van der Waals surface area (Å²) in [4.78, 5) is 7.03. The van der Waals surface area contributed by atoms with Crippen molar-refractivity contribution in [3.05, 3.63) is 54.6 Å². The van der Waals surface area contributed by atoms with E-state index in [1.165, 1.54) is 5.69 Å². The first-order valence-electron chi connectivity index (χ1n) is 9.28. The smallest absolute Gasteiger partial charge is 0.150 e. The van der Waals surface area contributed by atoms with E-state index in [4.69, 9.17) is 14.8 Å². The molecule has 1 aromatic heterocycles. The van der Waals surface area contributed by atoms with Gasteiger partial charge in [0.05, 0.1) is 17.8 Å². The monoisotopic (exact) mass is 368 g/mol. The third-order valence-electron chi connectivity index (χ3n) is 4.65. The lowest BCUT2D eigenvalue weighted by Gasteiger charge is -2.21. The molecule has 3 rings (SSSR count). The van der Waals surface area contributed by atoms with Gasteiger partial charge < -0.3 is 14.7 Å². The molecular weight excluding hydrogens is 343 g/mol. The molecule has 27 heavy (non-hydrogen) atoms. The van der Waals surface area contributed by atoms with Crippen molar-refractivity contribution in [3.63, 3.8) is 0 Å². The molecule has 1 heterocycles. The van der Waals surface area contributed by atoms with Gasteiger partial charge in [-0.2, -0.15) is 0 Å². The number of pyridine rings is 1. The summed E-state index contributed by atoms with van der Waals surface area (Å²) in [6.07, 6.45) is -0.858. The lowest BCUT2D eigenvalue weighted by molar-refractivity contribution is 0.0944. The Hall–Kier alpha value is -2.66. The maximum absolute atomic E-state index is 12.9. The third-order valence-corrected chi connectivity index (χ3v) is 4.65. The zero-order valence-electron chi connectivity index (χ0n) is 15.7. The number of halogens is 1. The van der Waals surface area contributed by atoms with E-state index in [2.05, 4.69) is 43.0 Å². The lowest BCUT2D eigenvalue weighted by atomic mass is 10.1. The zero-order chi connectivity index (χ0) is 19.2. The van der Waals surface area contributed by atoms with Crippen LogP contribution in [0, 0.1) is 0 Å². The summed E-state index contributed by atoms with van der Waals surface area (Å²) >= 11 is 0. The fourth-order valence-corrected chi connectivity index (χ4v) is 3.12. The Morgan fingerprint density at radius 2 is 1.78 bits per heavy atom. The van der Waals surface area contributed by atoms with Crippen molar-refractivity contribution < 1.29 is 14.2 Å². The van der Waals surface area contributed by atoms with Crippen molar-refractivity contribution in [2.75, 3.05) is 31.3 Å². The molecule has 0 spiro atoms. The van der Waals surface area contributed by atoms with E-state index in [1.54, 1.807) is 6.07 Å². The average molecular weight is 368 g/mol. The Morgan fingerprint density at radius 3 is 2.41 bits per heavy atom. The van der Waals surface area contributed by atoms with Gasteiger partial charge in [-0.1, -0.05) is 18.2 Å². The number of aliphatic hydroxyl groups is 1. The highest BCUT2D eigenvalue weighted by atomic mass is 19.1. The van der Waals surface area contributed by atoms with Crippen molar-refractivity contribution in [1.82, 2.24) is 4.98 Å². The van der Waals surface area contributed by atoms with Gasteiger partial charge in [0.15, 0.2) is 0 Å². The second-order valence-corrected chi connectivity index (χ2v) is 6.32. The Kier molecular flexibility index (Phi) is 6.24. The predicted molar refractivity (Wildman–Crippen MR) is 108 cm³/mol. The molecule has 0 aliphatic carbocycles. The van der Waals surface area contributed by atoms with Crippen LogP contribution in [0.5, 0.6) is 5.75 Å². The first kappa shape index (κ1) is 19.1. The van der Waals surface area contributed by atoms with Crippen LogP contribution in [-0.4, -0.2) is 42.6 Å². The highest BCUT2D eigenvalue weighted by molar-refractivity contribution is 5.87. The van der Waals surface area contributed by atoms with Crippen LogP contribution in [0.4, 0.5) is 10.1 Å². The van der Waals surface area contributed by atoms with E-state index >= 15 is 0 Å². The summed E-state index contributed by atoms with van der Waals surface area (Å²) in [6.45, 7) is 5.13. The normalized spacial score (nSPS) is 12.1. The number of aromatic nitrogens is 1. The predicted octanol–water partition coefficient (Wildman–Crippen LogP) is 4.46. The third kappa shape index (κ3) is 4.19. The van der Waals surface area contributed by atoms with Gasteiger partial charge in [-0.15, -0.1) is 0 Å². The molecule has 5 heteroatoms. The molecule has 2 aromatic carbocycles. The fourth-order valence-electron chi connectivity index (χ4n) is 3.12. The zero-order valence-corrected chi connectivity index (χ0v) is 15.7. The number of alkyl halides is 1. The van der Waals surface area contributed by atoms with Crippen LogP contribution in [0.25, 0.3) is 22.2 Å². The van der Waals surface area contributed by atoms with Gasteiger partial charge in [0.2, 0.25) is 0 Å². The maximum Gasteiger partial charge on any atom is 0.150 e. The van der Waals surface area contributed by atoms with Crippen molar-refractivity contribution in [2.45, 2.75) is 20.0 Å². The molecule has 0 aliphatic heterocycles. The number of hydrogen-bond acceptors (Lipinski definition) is 4. The Morgan fingerprint density at radius 1 is 1.04 bits per heavy atom. The van der Waals surface area contributed by atoms with E-state index in [-0.39, 0.29) is 6.61 Å². The van der Waals surface area contributed by atoms with E-state index in [1.807, 2.05) is 24.3 Å². The van der Waals surface area contributed by atoms with Crippen LogP contribution < -0.4 is 9.64 Å². The van der Waals surface area contributed by atoms with Gasteiger partial charge in [-0.3, -0.25) is 0 Å². The van der Waals surface area contributed by atoms with E-state index < -0.39 is 12.8 Å². The number of rotatable bonds is 8. The van der Waals surface area contributed by atoms with Gasteiger partial charge in [0, 0.05) is 29.7 Å². The standard InChI is InChI=1S/C22H25FN2O2/c1-3-25(4-2)17-10-8-16(9-11-17)20-13-12-19-21(24-20)6-5-7-22(19)27-18(14-23)15-26/h5-13,18,26H,3-4,14-15H2,1-2H3. The number of hydrogen-bond donors (Lipinski definition) is 1. The van der Waals surface area contributed by atoms with Gasteiger partial charge in [0.25, 0.3) is 0 Å². The number of ether oxygens (including phenoxy) is 1. The summed E-state index contributed by atoms with van der Waals surface area (Å²) in [5, 5.41) is 9.96. The van der Waals surface area contributed by atoms with E-state index in [0.29, 0.717) is 5.75 Å². The van der Waals surface area contributed by atoms with Crippen molar-refractivity contribution in [1.29, 1.82) is 0 Å². The second-order valence-electron chi connectivity index (χ2n) is 6.32. The van der Waals surface area contributed by atoms with Crippen LogP contribution in [0.2, 0.25) is 0 Å². The fraction of sp³-hybridized carbons (Fsp3) is 0.318. The number of nitrogens with zero attached hydrogens (tertiary/aromatic N) is 2. The highest BCUT2D eigenvalue weighted by Gasteiger charge is 2.12. The summed E-state index contributed by atoms with van der Waals surface area (Å²) in [6, 6.07) is 17.7. The van der Waals surface area contributed by atoms with Crippen LogP contribution in [0.3, 0.4) is 0 Å². The first-order valence-corrected chi connectivity index (χ1v) is 9.28. The quantitative estimate of drug-likeness (QED) is 0.638. The second kappa shape index (κ2) is 8.82. The minimum atomic E-state index is -0.858. The highest BCUT2D eigenvalue weighted by Crippen LogP contribution is 2.29. The van der Waals surface area contributed by atoms with Crippen LogP contribution >= 0.6 is 0 Å². The van der Waals surface area contributed by atoms with Gasteiger partial charge >= 0.3 is 0 Å². The summed E-state index contributed by atoms with van der Waals surface area (Å²) in [5.74, 6) is 0.528. The molecule has 1 atom stereocenters. The number of benzene rings is 2. The summed E-state index contributed by atoms with van der Waals surface area (Å²) in [7, 11) is 0. The van der Waals surface area contributed by atoms with Crippen molar-refractivity contribution in [3.8, 4) is 17.0 Å². The van der Waals surface area contributed by atoms with Crippen LogP contribution in [0.1, 0.15) is 13.8 Å². The molecule has 0 aliphatic rings. The SMILES string of the molecule is CCN(CC)c1ccc(-c2ccc3c(OC(CO)CF)cccc3n2)cc1. The van der Waals surface area contributed by atoms with Gasteiger partial charge in [-0.05, 0) is 50.2 Å². The van der Waals surface area contributed by atoms with Crippen molar-refractivity contribution >= 4 is 16.6 Å². The molecule has 1 N–H and O–H groups in total. The number of anilines is 1. The molecule has 4 nitrogen and oxygen atoms in total. The largest absolute Gasteiger partial charge is 0.485 e. The molecule has 142 valence electrons. The average Bonchev–Trinajstić information content (AvgIpc) is 2.73. The molecule has 0 amide bonds. The summed E-state index contributed by atoms with van der Waals surface area (Å²) in [5.41, 5.74) is 3.88. The number of fused-ring (bicyclic) bond motifs is 1. The molecule has 3 aromatic rings. The van der Waals surface area contributed by atoms with Gasteiger partial charge in [0.1, 0.15) is 18.5 Å². The summed E-state index contributed by atoms with van der Waals surface area (Å²) < 4.78 is 18.4. The van der Waals surface area contributed by atoms with Crippen LogP contribution in [-0.2, 0) is 0 Å². The Balaban J connectivity index is 1.91. The van der Waals surface area contributed by atoms with Crippen LogP contribution in [0.15, 0.2) is 54.6 Å². The molecule has 0 saturated carbocycles. The van der Waals surface area contributed by atoms with Crippen molar-refractivity contribution in [2.24, 2.45) is 0 Å². The number of aliphatic hydroxyl groups excluding tert-OH is 1.